The predicted molar refractivity (Wildman–Crippen MR) is 109 cm³/mol. The van der Waals surface area contributed by atoms with E-state index in [1.165, 1.54) is 4.90 Å². The first-order valence-electron chi connectivity index (χ1n) is 9.58. The van der Waals surface area contributed by atoms with Crippen molar-refractivity contribution in [3.63, 3.8) is 0 Å². The van der Waals surface area contributed by atoms with Gasteiger partial charge in [-0.3, -0.25) is 9.59 Å². The maximum absolute atomic E-state index is 13.3. The van der Waals surface area contributed by atoms with Gasteiger partial charge in [0.15, 0.2) is 5.78 Å². The number of ketones is 1. The van der Waals surface area contributed by atoms with Crippen molar-refractivity contribution in [2.45, 2.75) is 33.7 Å². The Morgan fingerprint density at radius 1 is 1.14 bits per heavy atom. The van der Waals surface area contributed by atoms with Crippen LogP contribution in [-0.2, 0) is 9.47 Å². The Labute approximate surface area is 171 Å². The molecule has 156 valence electrons. The molecule has 0 fully saturated rings. The minimum Gasteiger partial charge on any atom is -0.461 e. The molecule has 0 saturated carbocycles. The molecule has 1 aromatic carbocycles. The van der Waals surface area contributed by atoms with Crippen LogP contribution in [0.25, 0.3) is 0 Å². The number of Topliss-reactive ketones (excluding diaryl/α,β-unsaturated/α-hetero) is 1. The van der Waals surface area contributed by atoms with Gasteiger partial charge in [0.05, 0.1) is 19.3 Å². The summed E-state index contributed by atoms with van der Waals surface area (Å²) in [4.78, 5) is 42.9. The van der Waals surface area contributed by atoms with Crippen molar-refractivity contribution in [1.82, 2.24) is 9.88 Å². The van der Waals surface area contributed by atoms with Crippen LogP contribution in [0.3, 0.4) is 0 Å². The number of carbonyl (C=O) groups is 3. The van der Waals surface area contributed by atoms with Gasteiger partial charge < -0.3 is 19.4 Å². The van der Waals surface area contributed by atoms with Gasteiger partial charge in [0.1, 0.15) is 5.69 Å². The number of ether oxygens (including phenoxy) is 2. The molecule has 1 amide bonds. The van der Waals surface area contributed by atoms with Gasteiger partial charge in [0.25, 0.3) is 5.91 Å². The molecule has 1 aromatic heterocycles. The molecule has 0 aliphatic rings. The zero-order valence-electron chi connectivity index (χ0n) is 17.6. The summed E-state index contributed by atoms with van der Waals surface area (Å²) in [5, 5.41) is 0. The van der Waals surface area contributed by atoms with Crippen LogP contribution in [0.4, 0.5) is 0 Å². The van der Waals surface area contributed by atoms with Crippen molar-refractivity contribution in [2.75, 3.05) is 26.9 Å². The van der Waals surface area contributed by atoms with Crippen LogP contribution in [0, 0.1) is 13.8 Å². The molecule has 1 N–H and O–H groups in total. The summed E-state index contributed by atoms with van der Waals surface area (Å²) in [6, 6.07) is 8.08. The molecule has 7 nitrogen and oxygen atoms in total. The number of esters is 1. The first-order valence-corrected chi connectivity index (χ1v) is 9.58. The predicted octanol–water partition coefficient (Wildman–Crippen LogP) is 3.17. The zero-order valence-corrected chi connectivity index (χ0v) is 17.6. The van der Waals surface area contributed by atoms with E-state index in [2.05, 4.69) is 4.98 Å². The monoisotopic (exact) mass is 400 g/mol. The molecule has 1 heterocycles. The van der Waals surface area contributed by atoms with Crippen molar-refractivity contribution < 1.29 is 23.9 Å². The van der Waals surface area contributed by atoms with Gasteiger partial charge in [-0.05, 0) is 45.4 Å². The van der Waals surface area contributed by atoms with Crippen LogP contribution in [0.1, 0.15) is 56.3 Å². The van der Waals surface area contributed by atoms with Gasteiger partial charge in [-0.15, -0.1) is 0 Å². The summed E-state index contributed by atoms with van der Waals surface area (Å²) in [6.45, 7) is 7.66. The first-order chi connectivity index (χ1) is 13.8. The van der Waals surface area contributed by atoms with E-state index >= 15 is 0 Å². The molecule has 2 rings (SSSR count). The quantitative estimate of drug-likeness (QED) is 0.516. The highest BCUT2D eigenvalue weighted by atomic mass is 16.5. The Balaban J connectivity index is 2.36. The number of nitrogens with one attached hydrogen (secondary N) is 1. The topological polar surface area (TPSA) is 88.7 Å². The second kappa shape index (κ2) is 10.0. The number of amides is 1. The van der Waals surface area contributed by atoms with Gasteiger partial charge in [-0.2, -0.15) is 0 Å². The lowest BCUT2D eigenvalue weighted by Gasteiger charge is -2.28. The molecule has 29 heavy (non-hydrogen) atoms. The van der Waals surface area contributed by atoms with Crippen LogP contribution in [-0.4, -0.2) is 60.5 Å². The van der Waals surface area contributed by atoms with Crippen LogP contribution in [0.2, 0.25) is 0 Å². The molecule has 1 atom stereocenters. The molecule has 0 spiro atoms. The highest BCUT2D eigenvalue weighted by Crippen LogP contribution is 2.23. The van der Waals surface area contributed by atoms with E-state index in [-0.39, 0.29) is 30.5 Å². The molecule has 0 bridgehead atoms. The summed E-state index contributed by atoms with van der Waals surface area (Å²) >= 11 is 0. The standard InChI is InChI=1S/C22H28N2O5/c1-6-29-22(27)19-14(2)18(15(3)23-19)20(25)16(4)24(12-13-28-5)21(26)17-10-8-7-9-11-17/h7-11,16,23H,6,12-13H2,1-5H3/t16-/m0/s1. The summed E-state index contributed by atoms with van der Waals surface area (Å²) < 4.78 is 10.2. The Bertz CT molecular complexity index is 873. The van der Waals surface area contributed by atoms with Crippen molar-refractivity contribution in [2.24, 2.45) is 0 Å². The lowest BCUT2D eigenvalue weighted by molar-refractivity contribution is 0.0518. The molecule has 2 aromatic rings. The lowest BCUT2D eigenvalue weighted by atomic mass is 9.99. The number of nitrogens with zero attached hydrogens (tertiary/aromatic N) is 1. The van der Waals surface area contributed by atoms with Gasteiger partial charge in [0.2, 0.25) is 0 Å². The normalized spacial score (nSPS) is 11.8. The zero-order chi connectivity index (χ0) is 21.6. The fourth-order valence-corrected chi connectivity index (χ4v) is 3.28. The van der Waals surface area contributed by atoms with E-state index in [4.69, 9.17) is 9.47 Å². The molecule has 0 unspecified atom stereocenters. The lowest BCUT2D eigenvalue weighted by Crippen LogP contribution is -2.45. The minimum atomic E-state index is -0.735. The van der Waals surface area contributed by atoms with E-state index < -0.39 is 12.0 Å². The first kappa shape index (κ1) is 22.4. The van der Waals surface area contributed by atoms with Crippen LogP contribution in [0.5, 0.6) is 0 Å². The highest BCUT2D eigenvalue weighted by Gasteiger charge is 2.31. The van der Waals surface area contributed by atoms with Crippen LogP contribution < -0.4 is 0 Å². The summed E-state index contributed by atoms with van der Waals surface area (Å²) in [7, 11) is 1.55. The number of methoxy groups -OCH3 is 1. The summed E-state index contributed by atoms with van der Waals surface area (Å²) in [6.07, 6.45) is 0. The highest BCUT2D eigenvalue weighted by molar-refractivity contribution is 6.07. The maximum atomic E-state index is 13.3. The van der Waals surface area contributed by atoms with E-state index in [0.717, 1.165) is 0 Å². The van der Waals surface area contributed by atoms with E-state index in [1.54, 1.807) is 59.1 Å². The van der Waals surface area contributed by atoms with Gasteiger partial charge in [0, 0.05) is 30.5 Å². The number of carbonyl (C=O) groups excluding carboxylic acids is 3. The summed E-state index contributed by atoms with van der Waals surface area (Å²) in [5.41, 5.74) is 2.26. The maximum Gasteiger partial charge on any atom is 0.355 e. The van der Waals surface area contributed by atoms with Gasteiger partial charge in [-0.1, -0.05) is 18.2 Å². The van der Waals surface area contributed by atoms with Crippen molar-refractivity contribution in [3.8, 4) is 0 Å². The Hall–Kier alpha value is -2.93. The van der Waals surface area contributed by atoms with Crippen LogP contribution in [0.15, 0.2) is 30.3 Å². The Morgan fingerprint density at radius 3 is 2.38 bits per heavy atom. The van der Waals surface area contributed by atoms with Gasteiger partial charge >= 0.3 is 5.97 Å². The molecule has 0 radical (unpaired) electrons. The number of H-pyrrole nitrogens is 1. The van der Waals surface area contributed by atoms with Crippen molar-refractivity contribution >= 4 is 17.7 Å². The Morgan fingerprint density at radius 2 is 1.79 bits per heavy atom. The average Bonchev–Trinajstić information content (AvgIpc) is 3.02. The van der Waals surface area contributed by atoms with E-state index in [0.29, 0.717) is 29.0 Å². The smallest absolute Gasteiger partial charge is 0.355 e. The number of aryl methyl sites for hydroxylation is 1. The average molecular weight is 400 g/mol. The second-order valence-electron chi connectivity index (χ2n) is 6.74. The second-order valence-corrected chi connectivity index (χ2v) is 6.74. The van der Waals surface area contributed by atoms with E-state index in [9.17, 15) is 14.4 Å². The van der Waals surface area contributed by atoms with E-state index in [1.807, 2.05) is 6.07 Å². The summed E-state index contributed by atoms with van der Waals surface area (Å²) in [5.74, 6) is -0.997. The fraction of sp³-hybridized carbons (Fsp3) is 0.409. The molecule has 0 saturated heterocycles. The number of benzene rings is 1. The fourth-order valence-electron chi connectivity index (χ4n) is 3.28. The molecular weight excluding hydrogens is 372 g/mol. The number of aromatic nitrogens is 1. The third kappa shape index (κ3) is 4.92. The third-order valence-electron chi connectivity index (χ3n) is 4.83. The van der Waals surface area contributed by atoms with Crippen molar-refractivity contribution in [1.29, 1.82) is 0 Å². The molecule has 7 heteroatoms. The van der Waals surface area contributed by atoms with Crippen LogP contribution >= 0.6 is 0 Å². The molecule has 0 aliphatic heterocycles. The molecule has 0 aliphatic carbocycles. The number of aromatic amines is 1. The van der Waals surface area contributed by atoms with Gasteiger partial charge in [-0.25, -0.2) is 4.79 Å². The Kier molecular flexibility index (Phi) is 7.73. The SMILES string of the molecule is CCOC(=O)c1[nH]c(C)c(C(=O)[C@H](C)N(CCOC)C(=O)c2ccccc2)c1C. The van der Waals surface area contributed by atoms with Crippen molar-refractivity contribution in [3.05, 3.63) is 58.4 Å². The largest absolute Gasteiger partial charge is 0.461 e. The number of rotatable bonds is 9. The molecular formula is C22H28N2O5. The third-order valence-corrected chi connectivity index (χ3v) is 4.83. The number of hydrogen-bond donors (Lipinski definition) is 1. The number of hydrogen-bond acceptors (Lipinski definition) is 5. The minimum absolute atomic E-state index is 0.242.